The van der Waals surface area contributed by atoms with Crippen molar-refractivity contribution in [2.45, 2.75) is 32.3 Å². The predicted octanol–water partition coefficient (Wildman–Crippen LogP) is 2.86. The second-order valence-corrected chi connectivity index (χ2v) is 6.84. The topological polar surface area (TPSA) is 81.3 Å². The number of nitrogens with zero attached hydrogens (tertiary/aromatic N) is 3. The van der Waals surface area contributed by atoms with E-state index < -0.39 is 11.7 Å². The third kappa shape index (κ3) is 3.55. The van der Waals surface area contributed by atoms with E-state index in [0.29, 0.717) is 11.4 Å². The number of halogens is 1. The first-order valence-corrected chi connectivity index (χ1v) is 7.98. The molecule has 128 valence electrons. The van der Waals surface area contributed by atoms with Crippen LogP contribution >= 0.6 is 0 Å². The summed E-state index contributed by atoms with van der Waals surface area (Å²) in [7, 11) is 0. The van der Waals surface area contributed by atoms with Gasteiger partial charge >= 0.3 is 6.09 Å². The molecule has 2 N–H and O–H groups in total. The van der Waals surface area contributed by atoms with Crippen molar-refractivity contribution < 1.29 is 13.9 Å². The van der Waals surface area contributed by atoms with E-state index in [1.807, 2.05) is 13.8 Å². The molecule has 0 aliphatic carbocycles. The Labute approximate surface area is 139 Å². The first-order valence-electron chi connectivity index (χ1n) is 7.98. The number of nitrogens with two attached hydrogens (primary N) is 1. The highest BCUT2D eigenvalue weighted by molar-refractivity contribution is 5.89. The number of amides is 1. The normalized spacial score (nSPS) is 18.1. The highest BCUT2D eigenvalue weighted by Crippen LogP contribution is 2.32. The molecular weight excluding hydrogens is 311 g/mol. The minimum Gasteiger partial charge on any atom is -0.444 e. The maximum Gasteiger partial charge on any atom is 0.405 e. The fraction of sp³-hybridized carbons (Fsp3) is 0.471. The molecule has 6 nitrogen and oxygen atoms in total. The van der Waals surface area contributed by atoms with Gasteiger partial charge in [-0.1, -0.05) is 0 Å². The van der Waals surface area contributed by atoms with E-state index >= 15 is 0 Å². The fourth-order valence-corrected chi connectivity index (χ4v) is 3.47. The number of carbonyl (C=O) groups excluding carboxylic acids is 1. The summed E-state index contributed by atoms with van der Waals surface area (Å²) < 4.78 is 18.5. The van der Waals surface area contributed by atoms with E-state index in [9.17, 15) is 9.18 Å². The lowest BCUT2D eigenvalue weighted by molar-refractivity contribution is 0.0286. The average molecular weight is 332 g/mol. The van der Waals surface area contributed by atoms with Crippen molar-refractivity contribution >= 4 is 22.8 Å². The maximum absolute atomic E-state index is 13.4. The average Bonchev–Trinajstić information content (AvgIpc) is 2.92. The van der Waals surface area contributed by atoms with Crippen molar-refractivity contribution in [3.63, 3.8) is 0 Å². The summed E-state index contributed by atoms with van der Waals surface area (Å²) in [6.45, 7) is 5.38. The molecule has 2 aromatic rings. The molecule has 1 atom stereocenters. The number of ether oxygens (including phenoxy) is 1. The van der Waals surface area contributed by atoms with Gasteiger partial charge in [0.25, 0.3) is 0 Å². The van der Waals surface area contributed by atoms with E-state index in [-0.39, 0.29) is 5.82 Å². The van der Waals surface area contributed by atoms with Crippen LogP contribution in [0.5, 0.6) is 0 Å². The van der Waals surface area contributed by atoms with Crippen LogP contribution in [0.25, 0.3) is 10.9 Å². The van der Waals surface area contributed by atoms with Crippen LogP contribution in [0.4, 0.5) is 15.0 Å². The largest absolute Gasteiger partial charge is 0.444 e. The highest BCUT2D eigenvalue weighted by atomic mass is 19.1. The smallest absolute Gasteiger partial charge is 0.405 e. The molecule has 0 bridgehead atoms. The number of fused-ring (bicyclic) bond motifs is 1. The second-order valence-electron chi connectivity index (χ2n) is 6.84. The van der Waals surface area contributed by atoms with Gasteiger partial charge in [-0.3, -0.25) is 0 Å². The van der Waals surface area contributed by atoms with Crippen LogP contribution in [0.1, 0.15) is 26.7 Å². The van der Waals surface area contributed by atoms with E-state index in [2.05, 4.69) is 14.9 Å². The van der Waals surface area contributed by atoms with Gasteiger partial charge < -0.3 is 15.4 Å². The summed E-state index contributed by atoms with van der Waals surface area (Å²) in [4.78, 5) is 21.7. The fourth-order valence-electron chi connectivity index (χ4n) is 3.47. The van der Waals surface area contributed by atoms with Crippen molar-refractivity contribution in [3.05, 3.63) is 30.3 Å². The zero-order valence-corrected chi connectivity index (χ0v) is 13.8. The molecule has 0 spiro atoms. The lowest BCUT2D eigenvalue weighted by Crippen LogP contribution is -2.34. The minimum atomic E-state index is -0.751. The van der Waals surface area contributed by atoms with Gasteiger partial charge in [-0.15, -0.1) is 0 Å². The molecule has 0 saturated carbocycles. The van der Waals surface area contributed by atoms with E-state index in [1.54, 1.807) is 6.07 Å². The Morgan fingerprint density at radius 3 is 3.00 bits per heavy atom. The van der Waals surface area contributed by atoms with Crippen LogP contribution in [0.15, 0.2) is 24.5 Å². The number of primary amides is 1. The van der Waals surface area contributed by atoms with Gasteiger partial charge in [-0.05, 0) is 44.7 Å². The lowest BCUT2D eigenvalue weighted by atomic mass is 9.93. The summed E-state index contributed by atoms with van der Waals surface area (Å²) in [5.74, 6) is 0.873. The number of hydrogen-bond donors (Lipinski definition) is 1. The van der Waals surface area contributed by atoms with E-state index in [4.69, 9.17) is 10.5 Å². The van der Waals surface area contributed by atoms with Gasteiger partial charge in [-0.25, -0.2) is 19.2 Å². The second kappa shape index (κ2) is 6.22. The maximum atomic E-state index is 13.4. The zero-order valence-electron chi connectivity index (χ0n) is 13.8. The molecule has 1 aliphatic rings. The number of aromatic nitrogens is 2. The third-order valence-corrected chi connectivity index (χ3v) is 4.32. The van der Waals surface area contributed by atoms with Gasteiger partial charge in [0.1, 0.15) is 23.6 Å². The first-order chi connectivity index (χ1) is 11.3. The summed E-state index contributed by atoms with van der Waals surface area (Å²) in [5.41, 5.74) is 5.13. The third-order valence-electron chi connectivity index (χ3n) is 4.32. The minimum absolute atomic E-state index is 0.309. The Balaban J connectivity index is 1.75. The SMILES string of the molecule is CC(C)(CC1CCN(c2ncnc3cc(F)ccc23)C1)OC(N)=O. The Bertz CT molecular complexity index is 765. The quantitative estimate of drug-likeness (QED) is 0.931. The molecule has 3 rings (SSSR count). The summed E-state index contributed by atoms with van der Waals surface area (Å²) >= 11 is 0. The van der Waals surface area contributed by atoms with E-state index in [1.165, 1.54) is 18.5 Å². The van der Waals surface area contributed by atoms with Crippen LogP contribution in [-0.4, -0.2) is 34.8 Å². The number of anilines is 1. The van der Waals surface area contributed by atoms with Crippen molar-refractivity contribution in [1.29, 1.82) is 0 Å². The predicted molar refractivity (Wildman–Crippen MR) is 89.2 cm³/mol. The molecule has 1 unspecified atom stereocenters. The number of benzene rings is 1. The van der Waals surface area contributed by atoms with Crippen LogP contribution in [0.2, 0.25) is 0 Å². The molecule has 1 aromatic carbocycles. The summed E-state index contributed by atoms with van der Waals surface area (Å²) in [6.07, 6.45) is 2.41. The van der Waals surface area contributed by atoms with Gasteiger partial charge in [0.05, 0.1) is 5.52 Å². The standard InChI is InChI=1S/C17H21FN4O2/c1-17(2,24-16(19)23)8-11-5-6-22(9-11)15-13-4-3-12(18)7-14(13)20-10-21-15/h3-4,7,10-11H,5-6,8-9H2,1-2H3,(H2,19,23). The molecular formula is C17H21FN4O2. The van der Waals surface area contributed by atoms with Crippen molar-refractivity contribution in [3.8, 4) is 0 Å². The number of rotatable bonds is 4. The van der Waals surface area contributed by atoms with Crippen molar-refractivity contribution in [1.82, 2.24) is 9.97 Å². The Morgan fingerprint density at radius 1 is 1.46 bits per heavy atom. The molecule has 1 fully saturated rings. The van der Waals surface area contributed by atoms with Gasteiger partial charge in [0.2, 0.25) is 0 Å². The molecule has 2 heterocycles. The zero-order chi connectivity index (χ0) is 17.3. The molecule has 1 aromatic heterocycles. The van der Waals surface area contributed by atoms with Crippen molar-refractivity contribution in [2.75, 3.05) is 18.0 Å². The summed E-state index contributed by atoms with van der Waals surface area (Å²) in [5, 5.41) is 0.840. The number of hydrogen-bond acceptors (Lipinski definition) is 5. The van der Waals surface area contributed by atoms with Crippen LogP contribution in [0, 0.1) is 11.7 Å². The molecule has 0 radical (unpaired) electrons. The van der Waals surface area contributed by atoms with Gasteiger partial charge in [0, 0.05) is 24.5 Å². The Kier molecular flexibility index (Phi) is 4.26. The molecule has 1 aliphatic heterocycles. The molecule has 24 heavy (non-hydrogen) atoms. The first kappa shape index (κ1) is 16.4. The van der Waals surface area contributed by atoms with Gasteiger partial charge in [-0.2, -0.15) is 0 Å². The van der Waals surface area contributed by atoms with E-state index in [0.717, 1.165) is 37.1 Å². The number of carbonyl (C=O) groups is 1. The molecule has 7 heteroatoms. The summed E-state index contributed by atoms with van der Waals surface area (Å²) in [6, 6.07) is 4.55. The molecule has 1 amide bonds. The van der Waals surface area contributed by atoms with Crippen LogP contribution < -0.4 is 10.6 Å². The molecule has 1 saturated heterocycles. The Morgan fingerprint density at radius 2 is 2.25 bits per heavy atom. The van der Waals surface area contributed by atoms with Crippen molar-refractivity contribution in [2.24, 2.45) is 11.7 Å². The Hall–Kier alpha value is -2.44. The monoisotopic (exact) mass is 332 g/mol. The van der Waals surface area contributed by atoms with Gasteiger partial charge in [0.15, 0.2) is 0 Å². The van der Waals surface area contributed by atoms with Crippen LogP contribution in [-0.2, 0) is 4.74 Å². The lowest BCUT2D eigenvalue weighted by Gasteiger charge is -2.27. The highest BCUT2D eigenvalue weighted by Gasteiger charge is 2.32. The van der Waals surface area contributed by atoms with Crippen LogP contribution in [0.3, 0.4) is 0 Å².